The van der Waals surface area contributed by atoms with Crippen molar-refractivity contribution >= 4 is 26.0 Å². The first-order valence-corrected chi connectivity index (χ1v) is 8.84. The Morgan fingerprint density at radius 2 is 1.81 bits per heavy atom. The molecule has 21 heavy (non-hydrogen) atoms. The van der Waals surface area contributed by atoms with E-state index in [9.17, 15) is 12.8 Å². The van der Waals surface area contributed by atoms with Crippen LogP contribution in [-0.2, 0) is 16.6 Å². The normalized spacial score (nSPS) is 20.5. The molecule has 2 N–H and O–H groups in total. The van der Waals surface area contributed by atoms with Gasteiger partial charge in [0.1, 0.15) is 10.7 Å². The molecule has 118 valence electrons. The molecular weight excluding hydrogens is 361 g/mol. The van der Waals surface area contributed by atoms with E-state index in [0.29, 0.717) is 4.47 Å². The van der Waals surface area contributed by atoms with Gasteiger partial charge in [0.15, 0.2) is 0 Å². The molecule has 1 aromatic carbocycles. The number of aliphatic hydroxyl groups is 1. The summed E-state index contributed by atoms with van der Waals surface area (Å²) in [6, 6.07) is 2.31. The quantitative estimate of drug-likeness (QED) is 0.844. The highest BCUT2D eigenvalue weighted by atomic mass is 79.9. The van der Waals surface area contributed by atoms with Gasteiger partial charge in [-0.3, -0.25) is 0 Å². The van der Waals surface area contributed by atoms with Crippen molar-refractivity contribution in [2.45, 2.75) is 45.2 Å². The SMILES string of the molecule is CC1(C)C(NS(=O)(=O)c2cc(Br)cc(CO)c2F)C1(C)C. The first-order chi connectivity index (χ1) is 9.45. The number of aliphatic hydroxyl groups excluding tert-OH is 1. The maximum Gasteiger partial charge on any atom is 0.243 e. The lowest BCUT2D eigenvalue weighted by atomic mass is 10.0. The zero-order valence-electron chi connectivity index (χ0n) is 12.4. The molecule has 1 saturated carbocycles. The largest absolute Gasteiger partial charge is 0.392 e. The second-order valence-corrected chi connectivity index (χ2v) is 9.13. The van der Waals surface area contributed by atoms with Crippen LogP contribution in [0.25, 0.3) is 0 Å². The molecule has 0 unspecified atom stereocenters. The lowest BCUT2D eigenvalue weighted by molar-refractivity contribution is 0.274. The summed E-state index contributed by atoms with van der Waals surface area (Å²) in [4.78, 5) is -0.445. The molecule has 4 nitrogen and oxygen atoms in total. The minimum atomic E-state index is -3.99. The maximum atomic E-state index is 14.2. The van der Waals surface area contributed by atoms with Gasteiger partial charge in [-0.1, -0.05) is 43.6 Å². The highest BCUT2D eigenvalue weighted by Gasteiger charge is 2.66. The van der Waals surface area contributed by atoms with Gasteiger partial charge in [-0.05, 0) is 23.0 Å². The number of nitrogens with one attached hydrogen (secondary N) is 1. The van der Waals surface area contributed by atoms with E-state index in [4.69, 9.17) is 5.11 Å². The molecule has 0 heterocycles. The van der Waals surface area contributed by atoms with Crippen molar-refractivity contribution in [3.05, 3.63) is 28.0 Å². The fourth-order valence-electron chi connectivity index (χ4n) is 2.64. The van der Waals surface area contributed by atoms with Crippen LogP contribution in [0.4, 0.5) is 4.39 Å². The Bertz CT molecular complexity index is 672. The molecule has 2 rings (SSSR count). The third kappa shape index (κ3) is 2.65. The molecule has 1 aliphatic rings. The molecule has 0 spiro atoms. The average Bonchev–Trinajstić information content (AvgIpc) is 2.73. The fourth-order valence-corrected chi connectivity index (χ4v) is 4.97. The molecule has 0 saturated heterocycles. The van der Waals surface area contributed by atoms with E-state index in [1.54, 1.807) is 0 Å². The number of hydrogen-bond acceptors (Lipinski definition) is 3. The number of rotatable bonds is 4. The number of benzene rings is 1. The van der Waals surface area contributed by atoms with Crippen LogP contribution >= 0.6 is 15.9 Å². The van der Waals surface area contributed by atoms with Crippen molar-refractivity contribution in [1.29, 1.82) is 0 Å². The summed E-state index contributed by atoms with van der Waals surface area (Å²) in [7, 11) is -3.99. The van der Waals surface area contributed by atoms with Crippen LogP contribution in [0, 0.1) is 16.6 Å². The predicted molar refractivity (Wildman–Crippen MR) is 81.7 cm³/mol. The van der Waals surface area contributed by atoms with Crippen LogP contribution < -0.4 is 4.72 Å². The van der Waals surface area contributed by atoms with Crippen molar-refractivity contribution in [2.75, 3.05) is 0 Å². The van der Waals surface area contributed by atoms with E-state index in [1.807, 2.05) is 27.7 Å². The highest BCUT2D eigenvalue weighted by molar-refractivity contribution is 9.10. The lowest BCUT2D eigenvalue weighted by Gasteiger charge is -2.11. The Balaban J connectivity index is 2.41. The van der Waals surface area contributed by atoms with Crippen LogP contribution in [0.15, 0.2) is 21.5 Å². The second kappa shape index (κ2) is 5.01. The van der Waals surface area contributed by atoms with Crippen LogP contribution in [0.2, 0.25) is 0 Å². The number of hydrogen-bond donors (Lipinski definition) is 2. The minimum absolute atomic E-state index is 0.0564. The first-order valence-electron chi connectivity index (χ1n) is 6.56. The van der Waals surface area contributed by atoms with Crippen molar-refractivity contribution in [3.8, 4) is 0 Å². The van der Waals surface area contributed by atoms with Crippen LogP contribution in [0.3, 0.4) is 0 Å². The molecule has 0 aliphatic heterocycles. The van der Waals surface area contributed by atoms with Gasteiger partial charge in [-0.15, -0.1) is 0 Å². The van der Waals surface area contributed by atoms with Gasteiger partial charge in [0, 0.05) is 16.1 Å². The van der Waals surface area contributed by atoms with Crippen molar-refractivity contribution in [2.24, 2.45) is 10.8 Å². The Kier molecular flexibility index (Phi) is 4.02. The fraction of sp³-hybridized carbons (Fsp3) is 0.571. The van der Waals surface area contributed by atoms with Gasteiger partial charge in [-0.2, -0.15) is 0 Å². The monoisotopic (exact) mass is 379 g/mol. The van der Waals surface area contributed by atoms with Gasteiger partial charge in [0.05, 0.1) is 6.61 Å². The van der Waals surface area contributed by atoms with Gasteiger partial charge in [-0.25, -0.2) is 17.5 Å². The lowest BCUT2D eigenvalue weighted by Crippen LogP contribution is -2.30. The molecule has 1 aromatic rings. The molecule has 0 atom stereocenters. The summed E-state index contributed by atoms with van der Waals surface area (Å²) in [6.45, 7) is 7.31. The highest BCUT2D eigenvalue weighted by Crippen LogP contribution is 2.63. The summed E-state index contributed by atoms with van der Waals surface area (Å²) in [5, 5.41) is 9.12. The molecule has 0 bridgehead atoms. The average molecular weight is 380 g/mol. The van der Waals surface area contributed by atoms with Gasteiger partial charge in [0.2, 0.25) is 10.0 Å². The van der Waals surface area contributed by atoms with E-state index in [2.05, 4.69) is 20.7 Å². The predicted octanol–water partition coefficient (Wildman–Crippen LogP) is 2.79. The van der Waals surface area contributed by atoms with Gasteiger partial charge in [0.25, 0.3) is 0 Å². The Morgan fingerprint density at radius 1 is 1.29 bits per heavy atom. The van der Waals surface area contributed by atoms with Crippen molar-refractivity contribution in [1.82, 2.24) is 4.72 Å². The van der Waals surface area contributed by atoms with E-state index in [0.717, 1.165) is 0 Å². The van der Waals surface area contributed by atoms with E-state index >= 15 is 0 Å². The number of sulfonamides is 1. The summed E-state index contributed by atoms with van der Waals surface area (Å²) in [6.07, 6.45) is 0. The van der Waals surface area contributed by atoms with Crippen molar-refractivity contribution in [3.63, 3.8) is 0 Å². The molecule has 0 amide bonds. The minimum Gasteiger partial charge on any atom is -0.392 e. The van der Waals surface area contributed by atoms with E-state index < -0.39 is 27.3 Å². The molecule has 0 aromatic heterocycles. The number of halogens is 2. The summed E-state index contributed by atoms with van der Waals surface area (Å²) in [5.74, 6) is -0.913. The first kappa shape index (κ1) is 16.9. The van der Waals surface area contributed by atoms with Crippen molar-refractivity contribution < 1.29 is 17.9 Å². The Morgan fingerprint density at radius 3 is 2.24 bits per heavy atom. The summed E-state index contributed by atoms with van der Waals surface area (Å²) < 4.78 is 42.1. The smallest absolute Gasteiger partial charge is 0.243 e. The van der Waals surface area contributed by atoms with Crippen LogP contribution in [0.1, 0.15) is 33.3 Å². The van der Waals surface area contributed by atoms with E-state index in [1.165, 1.54) is 12.1 Å². The standard InChI is InChI=1S/C14H19BrFNO3S/c1-13(2)12(14(13,3)4)17-21(19,20)10-6-9(15)5-8(7-18)11(10)16/h5-6,12,17-18H,7H2,1-4H3. The Labute approximate surface area is 132 Å². The zero-order valence-corrected chi connectivity index (χ0v) is 14.8. The Hall–Kier alpha value is -0.500. The molecule has 1 fully saturated rings. The zero-order chi connectivity index (χ0) is 16.2. The van der Waals surface area contributed by atoms with Gasteiger partial charge < -0.3 is 5.11 Å². The third-order valence-corrected chi connectivity index (χ3v) is 6.71. The third-order valence-electron chi connectivity index (χ3n) is 4.83. The summed E-state index contributed by atoms with van der Waals surface area (Å²) in [5.41, 5.74) is -0.441. The molecule has 7 heteroatoms. The topological polar surface area (TPSA) is 66.4 Å². The molecule has 1 aliphatic carbocycles. The second-order valence-electron chi connectivity index (χ2n) is 6.53. The molecule has 0 radical (unpaired) electrons. The van der Waals surface area contributed by atoms with Crippen LogP contribution in [-0.4, -0.2) is 19.6 Å². The van der Waals surface area contributed by atoms with Gasteiger partial charge >= 0.3 is 0 Å². The summed E-state index contributed by atoms with van der Waals surface area (Å²) >= 11 is 3.14. The van der Waals surface area contributed by atoms with Crippen LogP contribution in [0.5, 0.6) is 0 Å². The molecular formula is C14H19BrFNO3S. The van der Waals surface area contributed by atoms with E-state index in [-0.39, 0.29) is 22.4 Å². The maximum absolute atomic E-state index is 14.2.